The van der Waals surface area contributed by atoms with Crippen LogP contribution >= 0.6 is 0 Å². The Morgan fingerprint density at radius 3 is 1.80 bits per heavy atom. The summed E-state index contributed by atoms with van der Waals surface area (Å²) in [6.07, 6.45) is 0. The molecule has 0 saturated heterocycles. The SMILES string of the molecule is c1ccc2c(c1)cc(-c1nc3oc4ccccc4c3nc1-c1ccc(-n3c4cccc5c6ccccc6c6c7ccccc7cc3c6c54)cc1)c1ccccc12. The molecule has 0 amide bonds. The summed E-state index contributed by atoms with van der Waals surface area (Å²) in [5.41, 5.74) is 9.22. The van der Waals surface area contributed by atoms with E-state index in [0.29, 0.717) is 5.71 Å². The Labute approximate surface area is 319 Å². The van der Waals surface area contributed by atoms with Crippen molar-refractivity contribution in [2.75, 3.05) is 0 Å². The molecule has 0 bridgehead atoms. The number of para-hydroxylation sites is 1. The Kier molecular flexibility index (Phi) is 5.86. The van der Waals surface area contributed by atoms with Crippen molar-refractivity contribution < 1.29 is 4.42 Å². The molecule has 0 aliphatic rings. The van der Waals surface area contributed by atoms with Gasteiger partial charge in [0.2, 0.25) is 5.71 Å². The first kappa shape index (κ1) is 29.8. The maximum atomic E-state index is 6.36. The van der Waals surface area contributed by atoms with Gasteiger partial charge < -0.3 is 8.98 Å². The summed E-state index contributed by atoms with van der Waals surface area (Å²) in [5, 5.41) is 15.9. The van der Waals surface area contributed by atoms with Gasteiger partial charge in [-0.15, -0.1) is 0 Å². The number of benzene rings is 10. The molecule has 0 saturated carbocycles. The number of hydrogen-bond donors (Lipinski definition) is 0. The molecule has 4 nitrogen and oxygen atoms in total. The van der Waals surface area contributed by atoms with E-state index in [1.54, 1.807) is 0 Å². The fourth-order valence-electron chi connectivity index (χ4n) is 9.53. The van der Waals surface area contributed by atoms with Crippen LogP contribution in [0.2, 0.25) is 0 Å². The summed E-state index contributed by atoms with van der Waals surface area (Å²) in [6.45, 7) is 0. The Morgan fingerprint density at radius 2 is 1.00 bits per heavy atom. The van der Waals surface area contributed by atoms with Crippen LogP contribution in [0.4, 0.5) is 0 Å². The topological polar surface area (TPSA) is 43.9 Å². The molecule has 0 radical (unpaired) electrons. The van der Waals surface area contributed by atoms with E-state index < -0.39 is 0 Å². The lowest BCUT2D eigenvalue weighted by atomic mass is 9.91. The van der Waals surface area contributed by atoms with Crippen molar-refractivity contribution in [3.05, 3.63) is 176 Å². The van der Waals surface area contributed by atoms with Crippen molar-refractivity contribution in [2.45, 2.75) is 0 Å². The fourth-order valence-corrected chi connectivity index (χ4v) is 9.53. The highest BCUT2D eigenvalue weighted by molar-refractivity contribution is 6.39. The summed E-state index contributed by atoms with van der Waals surface area (Å²) in [6, 6.07) is 63.1. The van der Waals surface area contributed by atoms with Gasteiger partial charge in [0.25, 0.3) is 0 Å². The van der Waals surface area contributed by atoms with Crippen LogP contribution in [0.25, 0.3) is 126 Å². The van der Waals surface area contributed by atoms with Gasteiger partial charge in [0.15, 0.2) is 0 Å². The molecule has 0 unspecified atom stereocenters. The van der Waals surface area contributed by atoms with E-state index in [2.05, 4.69) is 162 Å². The van der Waals surface area contributed by atoms with Gasteiger partial charge in [-0.3, -0.25) is 0 Å². The second-order valence-corrected chi connectivity index (χ2v) is 14.9. The second-order valence-electron chi connectivity index (χ2n) is 14.9. The van der Waals surface area contributed by atoms with Crippen molar-refractivity contribution >= 4 is 97.9 Å². The summed E-state index contributed by atoms with van der Waals surface area (Å²) >= 11 is 0. The van der Waals surface area contributed by atoms with Crippen LogP contribution in [0.5, 0.6) is 0 Å². The summed E-state index contributed by atoms with van der Waals surface area (Å²) < 4.78 is 8.80. The molecule has 3 heterocycles. The zero-order valence-corrected chi connectivity index (χ0v) is 30.0. The van der Waals surface area contributed by atoms with Gasteiger partial charge in [0.05, 0.1) is 16.7 Å². The van der Waals surface area contributed by atoms with Gasteiger partial charge in [-0.05, 0) is 90.9 Å². The Balaban J connectivity index is 1.09. The lowest BCUT2D eigenvalue weighted by Crippen LogP contribution is -1.97. The van der Waals surface area contributed by atoms with Crippen LogP contribution in [-0.2, 0) is 0 Å². The third kappa shape index (κ3) is 3.97. The van der Waals surface area contributed by atoms with Gasteiger partial charge in [-0.1, -0.05) is 133 Å². The predicted octanol–water partition coefficient (Wildman–Crippen LogP) is 14.0. The molecule has 0 atom stereocenters. The quantitative estimate of drug-likeness (QED) is 0.171. The van der Waals surface area contributed by atoms with Gasteiger partial charge in [-0.2, -0.15) is 0 Å². The second kappa shape index (κ2) is 11.0. The van der Waals surface area contributed by atoms with Crippen molar-refractivity contribution in [3.63, 3.8) is 0 Å². The average Bonchev–Trinajstić information content (AvgIpc) is 3.80. The van der Waals surface area contributed by atoms with Crippen LogP contribution in [0.3, 0.4) is 0 Å². The number of furan rings is 1. The van der Waals surface area contributed by atoms with E-state index in [0.717, 1.165) is 55.5 Å². The molecule has 3 aromatic heterocycles. The highest BCUT2D eigenvalue weighted by atomic mass is 16.3. The number of fused-ring (bicyclic) bond motifs is 11. The summed E-state index contributed by atoms with van der Waals surface area (Å²) in [4.78, 5) is 10.7. The monoisotopic (exact) mass is 711 g/mol. The molecule has 13 aromatic rings. The van der Waals surface area contributed by atoms with Gasteiger partial charge in [0.1, 0.15) is 16.8 Å². The third-order valence-corrected chi connectivity index (χ3v) is 11.9. The van der Waals surface area contributed by atoms with Crippen LogP contribution in [0.15, 0.2) is 180 Å². The molecule has 13 rings (SSSR count). The van der Waals surface area contributed by atoms with E-state index in [9.17, 15) is 0 Å². The van der Waals surface area contributed by atoms with Crippen molar-refractivity contribution in [1.82, 2.24) is 14.5 Å². The van der Waals surface area contributed by atoms with Crippen molar-refractivity contribution in [2.24, 2.45) is 0 Å². The van der Waals surface area contributed by atoms with Crippen molar-refractivity contribution in [1.29, 1.82) is 0 Å². The van der Waals surface area contributed by atoms with Gasteiger partial charge in [-0.25, -0.2) is 9.97 Å². The number of hydrogen-bond acceptors (Lipinski definition) is 3. The van der Waals surface area contributed by atoms with E-state index in [1.807, 2.05) is 18.2 Å². The Hall–Kier alpha value is -7.56. The molecule has 258 valence electrons. The Morgan fingerprint density at radius 1 is 0.393 bits per heavy atom. The highest BCUT2D eigenvalue weighted by Crippen LogP contribution is 2.47. The number of nitrogens with zero attached hydrogens (tertiary/aromatic N) is 3. The molecule has 0 aliphatic carbocycles. The van der Waals surface area contributed by atoms with E-state index >= 15 is 0 Å². The minimum atomic E-state index is 0.537. The van der Waals surface area contributed by atoms with E-state index in [1.165, 1.54) is 64.9 Å². The molecule has 56 heavy (non-hydrogen) atoms. The normalized spacial score (nSPS) is 12.3. The highest BCUT2D eigenvalue weighted by Gasteiger charge is 2.23. The van der Waals surface area contributed by atoms with Crippen LogP contribution in [0.1, 0.15) is 0 Å². The molecule has 0 aliphatic heterocycles. The third-order valence-electron chi connectivity index (χ3n) is 11.9. The predicted molar refractivity (Wildman–Crippen MR) is 233 cm³/mol. The molecule has 0 N–H and O–H groups in total. The molecular weight excluding hydrogens is 683 g/mol. The van der Waals surface area contributed by atoms with Gasteiger partial charge in [0, 0.05) is 38.4 Å². The minimum Gasteiger partial charge on any atom is -0.436 e. The zero-order valence-electron chi connectivity index (χ0n) is 30.0. The Bertz CT molecular complexity index is 3750. The fraction of sp³-hybridized carbons (Fsp3) is 0. The van der Waals surface area contributed by atoms with Crippen LogP contribution in [0, 0.1) is 0 Å². The van der Waals surface area contributed by atoms with Crippen LogP contribution < -0.4 is 0 Å². The molecule has 10 aromatic carbocycles. The molecular formula is C52H29N3O. The number of aromatic nitrogens is 3. The smallest absolute Gasteiger partial charge is 0.246 e. The average molecular weight is 712 g/mol. The molecule has 0 spiro atoms. The van der Waals surface area contributed by atoms with E-state index in [-0.39, 0.29) is 0 Å². The lowest BCUT2D eigenvalue weighted by molar-refractivity contribution is 0.653. The first-order chi connectivity index (χ1) is 27.8. The number of rotatable bonds is 3. The largest absolute Gasteiger partial charge is 0.436 e. The van der Waals surface area contributed by atoms with Gasteiger partial charge >= 0.3 is 0 Å². The first-order valence-electron chi connectivity index (χ1n) is 19.1. The first-order valence-corrected chi connectivity index (χ1v) is 19.1. The standard InChI is InChI=1S/C52H29N3O/c1-3-14-34-31(12-1)28-42(37-17-6-5-16-36(34)37)50-49(53-51-41-20-9-10-23-45(41)56-52(51)54-50)30-24-26-33(27-25-30)55-43-22-11-21-40-38-18-7-8-19-39(38)46-35-15-4-2-13-32(35)29-44(55)48(46)47(40)43/h1-29H. The minimum absolute atomic E-state index is 0.537. The maximum absolute atomic E-state index is 6.36. The summed E-state index contributed by atoms with van der Waals surface area (Å²) in [7, 11) is 0. The zero-order chi connectivity index (χ0) is 36.5. The lowest BCUT2D eigenvalue weighted by Gasteiger charge is -2.14. The molecule has 0 fully saturated rings. The maximum Gasteiger partial charge on any atom is 0.246 e. The van der Waals surface area contributed by atoms with Crippen LogP contribution in [-0.4, -0.2) is 14.5 Å². The summed E-state index contributed by atoms with van der Waals surface area (Å²) in [5.74, 6) is 0. The molecule has 4 heteroatoms. The van der Waals surface area contributed by atoms with Crippen molar-refractivity contribution in [3.8, 4) is 28.2 Å². The van der Waals surface area contributed by atoms with E-state index in [4.69, 9.17) is 14.4 Å².